The normalized spacial score (nSPS) is 12.4. The second kappa shape index (κ2) is 9.93. The van der Waals surface area contributed by atoms with Crippen LogP contribution in [0.25, 0.3) is 0 Å². The van der Waals surface area contributed by atoms with Crippen LogP contribution < -0.4 is 18.9 Å². The molecule has 1 aliphatic rings. The van der Waals surface area contributed by atoms with Crippen molar-refractivity contribution in [2.45, 2.75) is 11.4 Å². The largest absolute Gasteiger partial charge is 0.492 e. The molecule has 4 rings (SSSR count). The Labute approximate surface area is 192 Å². The summed E-state index contributed by atoms with van der Waals surface area (Å²) in [5.41, 5.74) is 1.01. The Morgan fingerprint density at radius 3 is 2.61 bits per heavy atom. The van der Waals surface area contributed by atoms with E-state index in [4.69, 9.17) is 14.2 Å². The molecule has 0 fully saturated rings. The topological polar surface area (TPSA) is 94.2 Å². The molecule has 1 amide bonds. The van der Waals surface area contributed by atoms with Crippen LogP contribution in [-0.4, -0.2) is 46.2 Å². The van der Waals surface area contributed by atoms with Crippen LogP contribution in [0.3, 0.4) is 0 Å². The van der Waals surface area contributed by atoms with Gasteiger partial charge in [-0.1, -0.05) is 30.3 Å². The molecule has 3 aromatic carbocycles. The molecule has 0 saturated heterocycles. The number of hydrogen-bond donors (Lipinski definition) is 1. The quantitative estimate of drug-likeness (QED) is 0.519. The van der Waals surface area contributed by atoms with Gasteiger partial charge in [0, 0.05) is 19.2 Å². The summed E-state index contributed by atoms with van der Waals surface area (Å²) in [6, 6.07) is 20.5. The van der Waals surface area contributed by atoms with Gasteiger partial charge in [-0.2, -0.15) is 0 Å². The fourth-order valence-corrected chi connectivity index (χ4v) is 4.31. The lowest BCUT2D eigenvalue weighted by molar-refractivity contribution is 0.0773. The summed E-state index contributed by atoms with van der Waals surface area (Å²) in [5, 5.41) is 0. The lowest BCUT2D eigenvalue weighted by Crippen LogP contribution is -2.31. The summed E-state index contributed by atoms with van der Waals surface area (Å²) < 4.78 is 44.4. The molecule has 8 nitrogen and oxygen atoms in total. The Morgan fingerprint density at radius 1 is 1.00 bits per heavy atom. The Bertz CT molecular complexity index is 1230. The van der Waals surface area contributed by atoms with E-state index in [1.165, 1.54) is 17.0 Å². The number of para-hydroxylation sites is 1. The van der Waals surface area contributed by atoms with Crippen LogP contribution >= 0.6 is 0 Å². The zero-order chi connectivity index (χ0) is 23.3. The fourth-order valence-electron chi connectivity index (χ4n) is 3.25. The number of carbonyl (C=O) groups is 1. The minimum atomic E-state index is -3.82. The van der Waals surface area contributed by atoms with E-state index in [1.54, 1.807) is 37.4 Å². The van der Waals surface area contributed by atoms with Gasteiger partial charge in [-0.25, -0.2) is 13.1 Å². The Hall–Kier alpha value is -3.56. The van der Waals surface area contributed by atoms with Gasteiger partial charge in [0.15, 0.2) is 11.5 Å². The SMILES string of the molecule is CN(CCOc1ccccc1)C(=O)c1cccc(S(=O)(=O)NCc2ccc3c(c2)OCO3)c1. The Balaban J connectivity index is 1.36. The minimum absolute atomic E-state index is 0.0167. The smallest absolute Gasteiger partial charge is 0.253 e. The van der Waals surface area contributed by atoms with Gasteiger partial charge in [0.25, 0.3) is 5.91 Å². The van der Waals surface area contributed by atoms with Crippen molar-refractivity contribution in [1.82, 2.24) is 9.62 Å². The lowest BCUT2D eigenvalue weighted by atomic mass is 10.2. The van der Waals surface area contributed by atoms with Crippen LogP contribution in [0.5, 0.6) is 17.2 Å². The number of carbonyl (C=O) groups excluding carboxylic acids is 1. The molecule has 9 heteroatoms. The highest BCUT2D eigenvalue weighted by molar-refractivity contribution is 7.89. The van der Waals surface area contributed by atoms with Crippen LogP contribution in [0.1, 0.15) is 15.9 Å². The molecule has 0 aromatic heterocycles. The molecular weight excluding hydrogens is 444 g/mol. The highest BCUT2D eigenvalue weighted by Gasteiger charge is 2.19. The molecule has 3 aromatic rings. The number of hydrogen-bond acceptors (Lipinski definition) is 6. The first-order chi connectivity index (χ1) is 15.9. The summed E-state index contributed by atoms with van der Waals surface area (Å²) in [5.74, 6) is 1.64. The van der Waals surface area contributed by atoms with E-state index in [1.807, 2.05) is 30.3 Å². The first-order valence-electron chi connectivity index (χ1n) is 10.3. The van der Waals surface area contributed by atoms with Gasteiger partial charge < -0.3 is 19.1 Å². The van der Waals surface area contributed by atoms with Crippen LogP contribution in [0.15, 0.2) is 77.7 Å². The zero-order valence-electron chi connectivity index (χ0n) is 18.1. The number of nitrogens with zero attached hydrogens (tertiary/aromatic N) is 1. The maximum absolute atomic E-state index is 12.8. The molecule has 0 unspecified atom stereocenters. The summed E-state index contributed by atoms with van der Waals surface area (Å²) >= 11 is 0. The van der Waals surface area contributed by atoms with E-state index >= 15 is 0 Å². The third-order valence-corrected chi connectivity index (χ3v) is 6.48. The Kier molecular flexibility index (Phi) is 6.81. The second-order valence-corrected chi connectivity index (χ2v) is 9.20. The molecule has 0 saturated carbocycles. The van der Waals surface area contributed by atoms with Gasteiger partial charge >= 0.3 is 0 Å². The highest BCUT2D eigenvalue weighted by Crippen LogP contribution is 2.32. The minimum Gasteiger partial charge on any atom is -0.492 e. The number of sulfonamides is 1. The van der Waals surface area contributed by atoms with Crippen molar-refractivity contribution in [3.05, 3.63) is 83.9 Å². The van der Waals surface area contributed by atoms with Crippen LogP contribution in [0, 0.1) is 0 Å². The first-order valence-corrected chi connectivity index (χ1v) is 11.8. The van der Waals surface area contributed by atoms with Gasteiger partial charge in [0.2, 0.25) is 16.8 Å². The number of rotatable bonds is 9. The number of ether oxygens (including phenoxy) is 3. The summed E-state index contributed by atoms with van der Waals surface area (Å²) in [7, 11) is -2.18. The molecule has 0 atom stereocenters. The summed E-state index contributed by atoms with van der Waals surface area (Å²) in [6.45, 7) is 0.903. The van der Waals surface area contributed by atoms with Crippen molar-refractivity contribution >= 4 is 15.9 Å². The average molecular weight is 469 g/mol. The van der Waals surface area contributed by atoms with Gasteiger partial charge in [-0.3, -0.25) is 4.79 Å². The van der Waals surface area contributed by atoms with Crippen molar-refractivity contribution in [1.29, 1.82) is 0 Å². The van der Waals surface area contributed by atoms with Crippen LogP contribution in [-0.2, 0) is 16.6 Å². The molecular formula is C24H24N2O6S. The predicted octanol–water partition coefficient (Wildman–Crippen LogP) is 3.04. The third kappa shape index (κ3) is 5.63. The van der Waals surface area contributed by atoms with E-state index in [9.17, 15) is 13.2 Å². The summed E-state index contributed by atoms with van der Waals surface area (Å²) in [4.78, 5) is 14.3. The molecule has 0 aliphatic carbocycles. The van der Waals surface area contributed by atoms with E-state index in [-0.39, 0.29) is 29.7 Å². The standard InChI is InChI=1S/C24H24N2O6S/c1-26(12-13-30-20-7-3-2-4-8-20)24(27)19-6-5-9-21(15-19)33(28,29)25-16-18-10-11-22-23(14-18)32-17-31-22/h2-11,14-15,25H,12-13,16-17H2,1H3. The number of nitrogens with one attached hydrogen (secondary N) is 1. The first kappa shape index (κ1) is 22.6. The van der Waals surface area contributed by atoms with Gasteiger partial charge in [-0.05, 0) is 48.0 Å². The monoisotopic (exact) mass is 468 g/mol. The highest BCUT2D eigenvalue weighted by atomic mass is 32.2. The lowest BCUT2D eigenvalue weighted by Gasteiger charge is -2.18. The molecule has 0 spiro atoms. The molecule has 172 valence electrons. The number of amides is 1. The van der Waals surface area contributed by atoms with Crippen molar-refractivity contribution in [3.63, 3.8) is 0 Å². The van der Waals surface area contributed by atoms with Gasteiger partial charge in [-0.15, -0.1) is 0 Å². The van der Waals surface area contributed by atoms with Crippen LogP contribution in [0.4, 0.5) is 0 Å². The molecule has 33 heavy (non-hydrogen) atoms. The van der Waals surface area contributed by atoms with E-state index < -0.39 is 10.0 Å². The zero-order valence-corrected chi connectivity index (χ0v) is 18.9. The molecule has 1 heterocycles. The molecule has 1 N–H and O–H groups in total. The number of benzene rings is 3. The molecule has 0 bridgehead atoms. The second-order valence-electron chi connectivity index (χ2n) is 7.43. The van der Waals surface area contributed by atoms with Crippen molar-refractivity contribution < 1.29 is 27.4 Å². The van der Waals surface area contributed by atoms with E-state index in [2.05, 4.69) is 4.72 Å². The number of fused-ring (bicyclic) bond motifs is 1. The van der Waals surface area contributed by atoms with E-state index in [0.29, 0.717) is 24.7 Å². The van der Waals surface area contributed by atoms with Crippen molar-refractivity contribution in [2.75, 3.05) is 27.0 Å². The third-order valence-electron chi connectivity index (χ3n) is 5.08. The maximum Gasteiger partial charge on any atom is 0.253 e. The Morgan fingerprint density at radius 2 is 1.79 bits per heavy atom. The fraction of sp³-hybridized carbons (Fsp3) is 0.208. The van der Waals surface area contributed by atoms with Crippen molar-refractivity contribution in [3.8, 4) is 17.2 Å². The summed E-state index contributed by atoms with van der Waals surface area (Å²) in [6.07, 6.45) is 0. The average Bonchev–Trinajstić information content (AvgIpc) is 3.31. The van der Waals surface area contributed by atoms with E-state index in [0.717, 1.165) is 11.3 Å². The van der Waals surface area contributed by atoms with Crippen molar-refractivity contribution in [2.24, 2.45) is 0 Å². The maximum atomic E-state index is 12.8. The predicted molar refractivity (Wildman–Crippen MR) is 122 cm³/mol. The van der Waals surface area contributed by atoms with Gasteiger partial charge in [0.1, 0.15) is 12.4 Å². The molecule has 1 aliphatic heterocycles. The number of likely N-dealkylation sites (N-methyl/N-ethyl adjacent to an activating group) is 1. The van der Waals surface area contributed by atoms with Crippen LogP contribution in [0.2, 0.25) is 0 Å². The van der Waals surface area contributed by atoms with Gasteiger partial charge in [0.05, 0.1) is 11.4 Å². The molecule has 0 radical (unpaired) electrons.